The van der Waals surface area contributed by atoms with Crippen LogP contribution in [0.5, 0.6) is 28.7 Å². The molecule has 27 heteroatoms. The van der Waals surface area contributed by atoms with Gasteiger partial charge in [0.2, 0.25) is 24.2 Å². The number of Topliss-reactive ketones (excluding diaryl/α,β-unsaturated/α-hetero) is 1. The molecule has 3 aromatic carbocycles. The molecule has 3 amide bonds. The predicted molar refractivity (Wildman–Crippen MR) is 350 cm³/mol. The number of ketones is 1. The van der Waals surface area contributed by atoms with Crippen molar-refractivity contribution >= 4 is 58.3 Å². The standard InChI is InChI=1S/C70H85N5O21S/c1-3-70(4-2)59-48(37-50-60-43(39-75(50)66(59)86)33-42-34-46(17-18-49(42)71-60)92-69(88)73-25-20-44(21-26-73)72-22-8-6-9-23-72)64(67(87)96-70)95-57(81)11-7-5-10-24-74-56(80)38-55(65(74)85)97-32-31-90-28-27-89-29-30-91-47-35-52(79)58(51(78)19-14-41-12-15-45(77)16-13-41)53(36-47)93-68-63(84)62(83)61(82)54(40-76)94-68/h12-13,15-18,33-37,44,54-55,61-64,68,76-77,79,82-84H,3-11,14,19-32,38-40H2,1-2H3/t54-,55?,61-,62?,63-,64?,68-/m1/s1. The van der Waals surface area contributed by atoms with Gasteiger partial charge in [0.05, 0.1) is 67.3 Å². The number of likely N-dealkylation sites (tertiary alicyclic amines) is 3. The van der Waals surface area contributed by atoms with Crippen molar-refractivity contribution in [2.45, 2.75) is 164 Å². The molecule has 6 aliphatic rings. The number of hydrogen-bond acceptors (Lipinski definition) is 24. The summed E-state index contributed by atoms with van der Waals surface area (Å²) in [4.78, 5) is 106. The van der Waals surface area contributed by atoms with Crippen LogP contribution in [-0.4, -0.2) is 211 Å². The molecule has 0 saturated carbocycles. The van der Waals surface area contributed by atoms with E-state index in [0.717, 1.165) is 42.4 Å². The Morgan fingerprint density at radius 3 is 2.27 bits per heavy atom. The molecular weight excluding hydrogens is 1280 g/mol. The van der Waals surface area contributed by atoms with Crippen LogP contribution in [0.4, 0.5) is 4.79 Å². The number of carbonyl (C=O) groups excluding carboxylic acids is 6. The van der Waals surface area contributed by atoms with E-state index < -0.39 is 77.7 Å². The Morgan fingerprint density at radius 1 is 0.784 bits per heavy atom. The van der Waals surface area contributed by atoms with Gasteiger partial charge >= 0.3 is 18.0 Å². The van der Waals surface area contributed by atoms with Crippen LogP contribution in [0.2, 0.25) is 0 Å². The molecule has 4 saturated heterocycles. The van der Waals surface area contributed by atoms with Gasteiger partial charge in [0.25, 0.3) is 5.56 Å². The third-order valence-electron chi connectivity index (χ3n) is 19.1. The number of fused-ring (bicyclic) bond motifs is 5. The Bertz CT molecular complexity index is 3740. The summed E-state index contributed by atoms with van der Waals surface area (Å²) in [7, 11) is 0. The van der Waals surface area contributed by atoms with Crippen molar-refractivity contribution in [2.24, 2.45) is 0 Å². The number of carbonyl (C=O) groups is 6. The highest BCUT2D eigenvalue weighted by molar-refractivity contribution is 8.00. The van der Waals surface area contributed by atoms with E-state index >= 15 is 0 Å². The number of hydrogen-bond donors (Lipinski definition) is 6. The van der Waals surface area contributed by atoms with Crippen LogP contribution in [0, 0.1) is 0 Å². The smallest absolute Gasteiger partial charge is 0.415 e. The molecule has 0 spiro atoms. The summed E-state index contributed by atoms with van der Waals surface area (Å²) in [5, 5.41) is 61.9. The van der Waals surface area contributed by atoms with Gasteiger partial charge in [0.1, 0.15) is 70.9 Å². The van der Waals surface area contributed by atoms with Gasteiger partial charge in [-0.25, -0.2) is 14.6 Å². The number of aryl methyl sites for hydroxylation is 1. The molecule has 3 unspecified atom stereocenters. The summed E-state index contributed by atoms with van der Waals surface area (Å²) in [5.74, 6) is -2.48. The largest absolute Gasteiger partial charge is 0.508 e. The minimum absolute atomic E-state index is 0.0266. The fourth-order valence-electron chi connectivity index (χ4n) is 13.7. The number of benzene rings is 3. The Hall–Kier alpha value is -7.73. The van der Waals surface area contributed by atoms with E-state index in [1.807, 2.05) is 19.9 Å². The minimum atomic E-state index is -1.81. The van der Waals surface area contributed by atoms with Crippen molar-refractivity contribution in [2.75, 3.05) is 78.1 Å². The quantitative estimate of drug-likeness (QED) is 0.0136. The maximum absolute atomic E-state index is 14.7. The number of esters is 2. The maximum Gasteiger partial charge on any atom is 0.415 e. The van der Waals surface area contributed by atoms with E-state index in [2.05, 4.69) is 4.90 Å². The molecule has 97 heavy (non-hydrogen) atoms. The number of rotatable bonds is 29. The first-order valence-corrected chi connectivity index (χ1v) is 34.7. The number of aromatic hydroxyl groups is 2. The molecule has 6 N–H and O–H groups in total. The second-order valence-electron chi connectivity index (χ2n) is 25.3. The summed E-state index contributed by atoms with van der Waals surface area (Å²) in [6, 6.07) is 18.1. The molecule has 4 fully saturated rings. The number of phenolic OH excluding ortho intramolecular Hbond substituents is 2. The zero-order valence-electron chi connectivity index (χ0n) is 54.5. The lowest BCUT2D eigenvalue weighted by Gasteiger charge is -2.39. The lowest BCUT2D eigenvalue weighted by molar-refractivity contribution is -0.277. The molecule has 2 aromatic heterocycles. The average Bonchev–Trinajstić information content (AvgIpc) is 1.67. The topological polar surface area (TPSA) is 342 Å². The summed E-state index contributed by atoms with van der Waals surface area (Å²) in [5.41, 5.74) is 1.72. The van der Waals surface area contributed by atoms with Crippen LogP contribution in [0.25, 0.3) is 22.3 Å². The summed E-state index contributed by atoms with van der Waals surface area (Å²) >= 11 is 1.31. The van der Waals surface area contributed by atoms with Crippen molar-refractivity contribution in [1.29, 1.82) is 0 Å². The molecule has 26 nitrogen and oxygen atoms in total. The number of nitrogens with zero attached hydrogens (tertiary/aromatic N) is 5. The van der Waals surface area contributed by atoms with Crippen LogP contribution in [0.1, 0.15) is 136 Å². The Morgan fingerprint density at radius 2 is 1.53 bits per heavy atom. The van der Waals surface area contributed by atoms with Crippen LogP contribution >= 0.6 is 11.8 Å². The average molecular weight is 1360 g/mol. The molecule has 7 atom stereocenters. The fourth-order valence-corrected chi connectivity index (χ4v) is 14.7. The number of aliphatic hydroxyl groups excluding tert-OH is 4. The minimum Gasteiger partial charge on any atom is -0.508 e. The zero-order chi connectivity index (χ0) is 68.5. The van der Waals surface area contributed by atoms with Gasteiger partial charge < -0.3 is 82.9 Å². The number of aromatic nitrogens is 2. The lowest BCUT2D eigenvalue weighted by atomic mass is 9.81. The van der Waals surface area contributed by atoms with E-state index in [1.165, 1.54) is 60.2 Å². The SMILES string of the molecule is CCC1(CC)OC(=O)C(OC(=O)CCCCCN2C(=O)CC(SCCOCCOCCOc3cc(O)c(C(=O)CCc4ccc(O)cc4)c(O[C@@H]4O[C@H](CO)[C@@H](O)C(O)[C@H]4O)c3)C2=O)c2cc3n(c(=O)c21)Cc1cc2cc(OC(=O)N4CCC(N5CCCCC5)CC4)ccc2nc1-3. The second-order valence-corrected chi connectivity index (χ2v) is 26.6. The maximum atomic E-state index is 14.7. The predicted octanol–water partition coefficient (Wildman–Crippen LogP) is 5.97. The first-order valence-electron chi connectivity index (χ1n) is 33.6. The van der Waals surface area contributed by atoms with Crippen molar-refractivity contribution < 1.29 is 97.3 Å². The number of imide groups is 1. The van der Waals surface area contributed by atoms with Crippen molar-refractivity contribution in [1.82, 2.24) is 24.3 Å². The Kier molecular flexibility index (Phi) is 23.2. The molecule has 6 aliphatic heterocycles. The number of unbranched alkanes of at least 4 members (excludes halogenated alkanes) is 2. The lowest BCUT2D eigenvalue weighted by Crippen LogP contribution is -2.60. The van der Waals surface area contributed by atoms with Gasteiger partial charge in [0, 0.05) is 79.3 Å². The van der Waals surface area contributed by atoms with Gasteiger partial charge in [-0.1, -0.05) is 38.8 Å². The molecule has 0 bridgehead atoms. The van der Waals surface area contributed by atoms with Crippen LogP contribution in [0.3, 0.4) is 0 Å². The van der Waals surface area contributed by atoms with Crippen molar-refractivity contribution in [3.63, 3.8) is 0 Å². The molecule has 522 valence electrons. The van der Waals surface area contributed by atoms with E-state index in [1.54, 1.807) is 45.9 Å². The highest BCUT2D eigenvalue weighted by Crippen LogP contribution is 2.46. The Balaban J connectivity index is 0.602. The van der Waals surface area contributed by atoms with Crippen molar-refractivity contribution in [3.8, 4) is 40.1 Å². The molecule has 0 radical (unpaired) electrons. The van der Waals surface area contributed by atoms with Gasteiger partial charge in [-0.15, -0.1) is 11.8 Å². The summed E-state index contributed by atoms with van der Waals surface area (Å²) < 4.78 is 47.9. The Labute approximate surface area is 564 Å². The van der Waals surface area contributed by atoms with Gasteiger partial charge in [-0.3, -0.25) is 28.9 Å². The molecule has 5 aromatic rings. The third-order valence-corrected chi connectivity index (χ3v) is 20.3. The van der Waals surface area contributed by atoms with E-state index in [-0.39, 0.29) is 129 Å². The van der Waals surface area contributed by atoms with Crippen LogP contribution < -0.4 is 19.8 Å². The number of thioether (sulfide) groups is 1. The van der Waals surface area contributed by atoms with E-state index in [4.69, 9.17) is 42.9 Å². The highest BCUT2D eigenvalue weighted by atomic mass is 32.2. The molecule has 11 rings (SSSR count). The van der Waals surface area contributed by atoms with Gasteiger partial charge in [-0.05, 0) is 119 Å². The zero-order valence-corrected chi connectivity index (χ0v) is 55.3. The number of pyridine rings is 2. The van der Waals surface area contributed by atoms with Crippen LogP contribution in [-0.2, 0) is 61.4 Å². The van der Waals surface area contributed by atoms with Gasteiger partial charge in [-0.2, -0.15) is 0 Å². The number of ether oxygens (including phenoxy) is 8. The molecule has 8 heterocycles. The normalized spacial score (nSPS) is 22.5. The third kappa shape index (κ3) is 16.1. The fraction of sp³-hybridized carbons (Fsp3) is 0.543. The molecule has 0 aliphatic carbocycles. The first-order chi connectivity index (χ1) is 46.9. The highest BCUT2D eigenvalue weighted by Gasteiger charge is 2.50. The number of aliphatic hydroxyl groups is 4. The second kappa shape index (κ2) is 31.9. The van der Waals surface area contributed by atoms with E-state index in [0.29, 0.717) is 79.6 Å². The monoisotopic (exact) mass is 1360 g/mol. The summed E-state index contributed by atoms with van der Waals surface area (Å²) in [6.07, 6.45) is -2.63. The van der Waals surface area contributed by atoms with Crippen molar-refractivity contribution in [3.05, 3.63) is 105 Å². The van der Waals surface area contributed by atoms with E-state index in [9.17, 15) is 64.2 Å². The number of cyclic esters (lactones) is 1. The molecular formula is C70H85N5O21S. The van der Waals surface area contributed by atoms with Crippen LogP contribution in [0.15, 0.2) is 71.5 Å². The van der Waals surface area contributed by atoms with Gasteiger partial charge in [0.15, 0.2) is 5.78 Å². The first kappa shape index (κ1) is 70.6. The number of amides is 3. The number of phenols is 2. The summed E-state index contributed by atoms with van der Waals surface area (Å²) in [6.45, 7) is 7.50. The number of piperidine rings is 2.